The molecular weight excluding hydrogens is 140 g/mol. The van der Waals surface area contributed by atoms with Crippen molar-refractivity contribution in [2.24, 2.45) is 58.4 Å². The summed E-state index contributed by atoms with van der Waals surface area (Å²) in [6.45, 7) is 0. The van der Waals surface area contributed by atoms with Crippen molar-refractivity contribution in [3.63, 3.8) is 0 Å². The summed E-state index contributed by atoms with van der Waals surface area (Å²) in [5.41, 5.74) is 0. The monoisotopic (exact) mass is 160 g/mol. The van der Waals surface area contributed by atoms with Gasteiger partial charge >= 0.3 is 0 Å². The number of hydrazine groups is 5. The average molecular weight is 160 g/mol. The van der Waals surface area contributed by atoms with Gasteiger partial charge in [-0.2, -0.15) is 0 Å². The van der Waals surface area contributed by atoms with Crippen molar-refractivity contribution < 1.29 is 0 Å². The second-order valence-corrected chi connectivity index (χ2v) is 0. The molecule has 10 heteroatoms. The van der Waals surface area contributed by atoms with Crippen LogP contribution in [-0.4, -0.2) is 0 Å². The molecule has 0 heterocycles. The van der Waals surface area contributed by atoms with Gasteiger partial charge in [-0.05, 0) is 0 Å². The maximum atomic E-state index is 4.00. The predicted molar refractivity (Wildman–Crippen MR) is 41.9 cm³/mol. The van der Waals surface area contributed by atoms with Crippen LogP contribution in [0, 0.1) is 0 Å². The lowest BCUT2D eigenvalue weighted by Crippen LogP contribution is -2.02. The second kappa shape index (κ2) is 3100. The van der Waals surface area contributed by atoms with E-state index in [1.54, 1.807) is 0 Å². The van der Waals surface area contributed by atoms with Crippen LogP contribution in [0.5, 0.6) is 0 Å². The zero-order valence-corrected chi connectivity index (χ0v) is 5.77. The number of rotatable bonds is 0. The lowest BCUT2D eigenvalue weighted by Gasteiger charge is -1.27. The Balaban J connectivity index is -0.0000000104. The molecule has 0 rings (SSSR count). The van der Waals surface area contributed by atoms with Gasteiger partial charge in [-0.15, -0.1) is 0 Å². The van der Waals surface area contributed by atoms with E-state index in [2.05, 4.69) is 58.4 Å². The fraction of sp³-hybridized carbons (Fsp3) is 0. The van der Waals surface area contributed by atoms with E-state index in [0.717, 1.165) is 0 Å². The highest BCUT2D eigenvalue weighted by molar-refractivity contribution is 3.27. The fourth-order valence-corrected chi connectivity index (χ4v) is 0. The zero-order valence-electron chi connectivity index (χ0n) is 5.77. The summed E-state index contributed by atoms with van der Waals surface area (Å²) in [5, 5.41) is 0. The number of hydrogen-bond donors (Lipinski definition) is 10. The van der Waals surface area contributed by atoms with Gasteiger partial charge in [0.05, 0.1) is 0 Å². The van der Waals surface area contributed by atoms with Gasteiger partial charge in [0.15, 0.2) is 0 Å². The van der Waals surface area contributed by atoms with Crippen molar-refractivity contribution >= 4 is 0 Å². The summed E-state index contributed by atoms with van der Waals surface area (Å²) in [7, 11) is 0. The van der Waals surface area contributed by atoms with Gasteiger partial charge in [0.2, 0.25) is 0 Å². The third-order valence-electron chi connectivity index (χ3n) is 0. The number of nitrogens with two attached hydrogens (primary N) is 10. The Labute approximate surface area is 59.6 Å². The Hall–Kier alpha value is -0.400. The lowest BCUT2D eigenvalue weighted by atomic mass is 13.0. The minimum absolute atomic E-state index is 4.00. The lowest BCUT2D eigenvalue weighted by molar-refractivity contribution is 1.26. The average Bonchev–Trinajstić information content (AvgIpc) is 2.20. The Morgan fingerprint density at radius 3 is 0.200 bits per heavy atom. The van der Waals surface area contributed by atoms with Crippen molar-refractivity contribution in [3.8, 4) is 0 Å². The summed E-state index contributed by atoms with van der Waals surface area (Å²) in [4.78, 5) is 0. The molecule has 10 heavy (non-hydrogen) atoms. The van der Waals surface area contributed by atoms with E-state index in [1.165, 1.54) is 0 Å². The van der Waals surface area contributed by atoms with Crippen LogP contribution in [0.15, 0.2) is 0 Å². The standard InChI is InChI=1S/5H4N2/c5*1-2/h5*1-2H2. The molecule has 0 amide bonds. The summed E-state index contributed by atoms with van der Waals surface area (Å²) in [6.07, 6.45) is 0. The zero-order chi connectivity index (χ0) is 10.0. The van der Waals surface area contributed by atoms with Crippen LogP contribution in [0.4, 0.5) is 0 Å². The van der Waals surface area contributed by atoms with Crippen LogP contribution in [-0.2, 0) is 0 Å². The molecule has 0 bridgehead atoms. The van der Waals surface area contributed by atoms with Gasteiger partial charge in [0, 0.05) is 0 Å². The molecule has 0 radical (unpaired) electrons. The van der Waals surface area contributed by atoms with Gasteiger partial charge in [-0.1, -0.05) is 0 Å². The van der Waals surface area contributed by atoms with Crippen LogP contribution in [0.3, 0.4) is 0 Å². The molecular formula is H20N10. The molecule has 70 valence electrons. The van der Waals surface area contributed by atoms with Gasteiger partial charge < -0.3 is 0 Å². The SMILES string of the molecule is NN.NN.NN.NN.NN. The summed E-state index contributed by atoms with van der Waals surface area (Å²) >= 11 is 0. The molecule has 0 spiro atoms. The van der Waals surface area contributed by atoms with Gasteiger partial charge in [-0.3, -0.25) is 58.4 Å². The van der Waals surface area contributed by atoms with E-state index in [-0.39, 0.29) is 0 Å². The number of hydrogen-bond acceptors (Lipinski definition) is 10. The Kier molecular flexibility index (Phi) is 10400. The van der Waals surface area contributed by atoms with Gasteiger partial charge in [0.1, 0.15) is 0 Å². The molecule has 0 atom stereocenters. The van der Waals surface area contributed by atoms with E-state index >= 15 is 0 Å². The van der Waals surface area contributed by atoms with E-state index in [0.29, 0.717) is 0 Å². The molecule has 0 aliphatic rings. The molecule has 0 aliphatic carbocycles. The largest absolute Gasteiger partial charge is 0.274 e. The Morgan fingerprint density at radius 2 is 0.200 bits per heavy atom. The first kappa shape index (κ1) is 33.6. The Morgan fingerprint density at radius 1 is 0.200 bits per heavy atom. The normalized spacial score (nSPS) is 3.00. The van der Waals surface area contributed by atoms with Crippen LogP contribution in [0.1, 0.15) is 0 Å². The van der Waals surface area contributed by atoms with E-state index in [4.69, 9.17) is 0 Å². The van der Waals surface area contributed by atoms with E-state index in [1.807, 2.05) is 0 Å². The summed E-state index contributed by atoms with van der Waals surface area (Å²) < 4.78 is 0. The van der Waals surface area contributed by atoms with E-state index in [9.17, 15) is 0 Å². The Bertz CT molecular complexity index is 0. The van der Waals surface area contributed by atoms with Crippen molar-refractivity contribution in [1.82, 2.24) is 0 Å². The summed E-state index contributed by atoms with van der Waals surface area (Å²) in [6, 6.07) is 0. The molecule has 0 unspecified atom stereocenters. The predicted octanol–water partition coefficient (Wildman–Crippen LogP) is -5.91. The fourth-order valence-electron chi connectivity index (χ4n) is 0. The maximum Gasteiger partial charge on any atom is -0.274 e. The van der Waals surface area contributed by atoms with Crippen LogP contribution < -0.4 is 58.4 Å². The third-order valence-corrected chi connectivity index (χ3v) is 0. The van der Waals surface area contributed by atoms with Crippen molar-refractivity contribution in [2.45, 2.75) is 0 Å². The first-order chi connectivity index (χ1) is 5.00. The molecule has 0 aromatic carbocycles. The minimum Gasteiger partial charge on any atom is -0.274 e. The van der Waals surface area contributed by atoms with E-state index < -0.39 is 0 Å². The second-order valence-electron chi connectivity index (χ2n) is 0. The van der Waals surface area contributed by atoms with Crippen molar-refractivity contribution in [3.05, 3.63) is 0 Å². The minimum atomic E-state index is 4.00. The van der Waals surface area contributed by atoms with Crippen molar-refractivity contribution in [2.75, 3.05) is 0 Å². The third kappa shape index (κ3) is 2070. The smallest absolute Gasteiger partial charge is 0.274 e. The van der Waals surface area contributed by atoms with Gasteiger partial charge in [-0.25, -0.2) is 0 Å². The topological polar surface area (TPSA) is 260 Å². The van der Waals surface area contributed by atoms with Crippen LogP contribution >= 0.6 is 0 Å². The molecule has 10 nitrogen and oxygen atoms in total. The molecule has 0 saturated carbocycles. The first-order valence-electron chi connectivity index (χ1n) is 1.67. The van der Waals surface area contributed by atoms with Gasteiger partial charge in [0.25, 0.3) is 0 Å². The molecule has 20 N–H and O–H groups in total. The molecule has 0 fully saturated rings. The molecule has 0 aromatic rings. The first-order valence-corrected chi connectivity index (χ1v) is 1.67. The summed E-state index contributed by atoms with van der Waals surface area (Å²) in [5.74, 6) is 40.0. The van der Waals surface area contributed by atoms with Crippen molar-refractivity contribution in [1.29, 1.82) is 0 Å². The molecule has 0 aromatic heterocycles. The maximum absolute atomic E-state index is 4.00. The van der Waals surface area contributed by atoms with Crippen LogP contribution in [0.25, 0.3) is 0 Å². The quantitative estimate of drug-likeness (QED) is 0.118. The van der Waals surface area contributed by atoms with Crippen LogP contribution in [0.2, 0.25) is 0 Å². The highest BCUT2D eigenvalue weighted by Gasteiger charge is 0.734. The molecule has 0 aliphatic heterocycles. The highest BCUT2D eigenvalue weighted by atomic mass is 15.0. The highest BCUT2D eigenvalue weighted by Crippen LogP contribution is -0.0110. The molecule has 0 saturated heterocycles.